The summed E-state index contributed by atoms with van der Waals surface area (Å²) in [7, 11) is 0. The zero-order valence-corrected chi connectivity index (χ0v) is 12.0. The van der Waals surface area contributed by atoms with E-state index in [1.54, 1.807) is 11.3 Å². The van der Waals surface area contributed by atoms with Crippen LogP contribution in [0.1, 0.15) is 38.0 Å². The fraction of sp³-hybridized carbons (Fsp3) is 0.500. The van der Waals surface area contributed by atoms with Gasteiger partial charge in [0, 0.05) is 18.9 Å². The minimum atomic E-state index is 0.0766. The van der Waals surface area contributed by atoms with Crippen molar-refractivity contribution < 1.29 is 9.32 Å². The van der Waals surface area contributed by atoms with Crippen molar-refractivity contribution in [2.75, 3.05) is 0 Å². The summed E-state index contributed by atoms with van der Waals surface area (Å²) in [5, 5.41) is 8.96. The van der Waals surface area contributed by atoms with Gasteiger partial charge in [-0.2, -0.15) is 4.98 Å². The van der Waals surface area contributed by atoms with E-state index in [0.29, 0.717) is 30.6 Å². The highest BCUT2D eigenvalue weighted by molar-refractivity contribution is 7.13. The molecule has 106 valence electrons. The van der Waals surface area contributed by atoms with Gasteiger partial charge in [0.25, 0.3) is 0 Å². The molecule has 0 atom stereocenters. The quantitative estimate of drug-likeness (QED) is 0.919. The lowest BCUT2D eigenvalue weighted by Gasteiger charge is -2.10. The molecule has 1 amide bonds. The first kappa shape index (κ1) is 13.3. The Morgan fingerprint density at radius 3 is 3.05 bits per heavy atom. The van der Waals surface area contributed by atoms with Crippen molar-refractivity contribution in [3.63, 3.8) is 0 Å². The average Bonchev–Trinajstić information content (AvgIpc) is 3.18. The Bertz CT molecular complexity index is 559. The normalized spacial score (nSPS) is 15.6. The molecule has 6 heteroatoms. The van der Waals surface area contributed by atoms with Crippen molar-refractivity contribution in [2.45, 2.75) is 44.6 Å². The number of aromatic nitrogens is 2. The minimum Gasteiger partial charge on any atom is -0.353 e. The smallest absolute Gasteiger partial charge is 0.227 e. The van der Waals surface area contributed by atoms with E-state index in [1.165, 1.54) is 12.8 Å². The van der Waals surface area contributed by atoms with Gasteiger partial charge in [0.2, 0.25) is 17.6 Å². The number of hydrogen-bond acceptors (Lipinski definition) is 5. The SMILES string of the molecule is O=C(CCc1nc(-c2cccs2)no1)NC1CCCC1. The molecule has 1 fully saturated rings. The molecular formula is C14H17N3O2S. The third-order valence-electron chi connectivity index (χ3n) is 3.50. The van der Waals surface area contributed by atoms with Crippen molar-refractivity contribution in [3.8, 4) is 10.7 Å². The van der Waals surface area contributed by atoms with Gasteiger partial charge in [-0.15, -0.1) is 11.3 Å². The van der Waals surface area contributed by atoms with Gasteiger partial charge in [0.1, 0.15) is 0 Å². The van der Waals surface area contributed by atoms with E-state index in [4.69, 9.17) is 4.52 Å². The van der Waals surface area contributed by atoms with E-state index in [2.05, 4.69) is 15.5 Å². The predicted octanol–water partition coefficient (Wildman–Crippen LogP) is 2.79. The molecule has 0 aromatic carbocycles. The first-order valence-corrected chi connectivity index (χ1v) is 7.85. The molecule has 1 saturated carbocycles. The molecule has 5 nitrogen and oxygen atoms in total. The van der Waals surface area contributed by atoms with Crippen LogP contribution in [0.5, 0.6) is 0 Å². The monoisotopic (exact) mass is 291 g/mol. The molecule has 1 aliphatic rings. The molecule has 0 saturated heterocycles. The van der Waals surface area contributed by atoms with Gasteiger partial charge in [-0.25, -0.2) is 0 Å². The van der Waals surface area contributed by atoms with Crippen molar-refractivity contribution in [2.24, 2.45) is 0 Å². The van der Waals surface area contributed by atoms with Gasteiger partial charge in [-0.1, -0.05) is 24.1 Å². The third-order valence-corrected chi connectivity index (χ3v) is 4.36. The van der Waals surface area contributed by atoms with Crippen LogP contribution in [-0.4, -0.2) is 22.1 Å². The highest BCUT2D eigenvalue weighted by Crippen LogP contribution is 2.21. The van der Waals surface area contributed by atoms with E-state index < -0.39 is 0 Å². The number of nitrogens with one attached hydrogen (secondary N) is 1. The standard InChI is InChI=1S/C14H17N3O2S/c18-12(15-10-4-1-2-5-10)7-8-13-16-14(17-19-13)11-6-3-9-20-11/h3,6,9-10H,1-2,4-5,7-8H2,(H,15,18). The second-order valence-corrected chi connectivity index (χ2v) is 5.99. The molecule has 2 heterocycles. The van der Waals surface area contributed by atoms with Crippen LogP contribution in [0.2, 0.25) is 0 Å². The van der Waals surface area contributed by atoms with Gasteiger partial charge < -0.3 is 9.84 Å². The minimum absolute atomic E-state index is 0.0766. The second-order valence-electron chi connectivity index (χ2n) is 5.04. The Morgan fingerprint density at radius 1 is 1.45 bits per heavy atom. The maximum absolute atomic E-state index is 11.8. The molecule has 20 heavy (non-hydrogen) atoms. The molecule has 0 radical (unpaired) electrons. The average molecular weight is 291 g/mol. The summed E-state index contributed by atoms with van der Waals surface area (Å²) in [6, 6.07) is 4.27. The largest absolute Gasteiger partial charge is 0.353 e. The van der Waals surface area contributed by atoms with Crippen molar-refractivity contribution in [1.29, 1.82) is 0 Å². The summed E-state index contributed by atoms with van der Waals surface area (Å²) in [4.78, 5) is 17.1. The number of carbonyl (C=O) groups excluding carboxylic acids is 1. The Morgan fingerprint density at radius 2 is 2.30 bits per heavy atom. The van der Waals surface area contributed by atoms with Crippen LogP contribution in [-0.2, 0) is 11.2 Å². The highest BCUT2D eigenvalue weighted by Gasteiger charge is 2.17. The Kier molecular flexibility index (Phi) is 4.11. The summed E-state index contributed by atoms with van der Waals surface area (Å²) in [5.41, 5.74) is 0. The Hall–Kier alpha value is -1.69. The fourth-order valence-electron chi connectivity index (χ4n) is 2.45. The zero-order valence-electron chi connectivity index (χ0n) is 11.2. The number of carbonyl (C=O) groups is 1. The molecule has 2 aromatic rings. The van der Waals surface area contributed by atoms with Crippen LogP contribution in [0.4, 0.5) is 0 Å². The number of rotatable bonds is 5. The van der Waals surface area contributed by atoms with Crippen LogP contribution in [0.15, 0.2) is 22.0 Å². The molecule has 1 N–H and O–H groups in total. The number of amides is 1. The molecule has 1 aliphatic carbocycles. The van der Waals surface area contributed by atoms with Crippen LogP contribution in [0.25, 0.3) is 10.7 Å². The maximum Gasteiger partial charge on any atom is 0.227 e. The molecule has 0 bridgehead atoms. The van der Waals surface area contributed by atoms with E-state index in [-0.39, 0.29) is 5.91 Å². The van der Waals surface area contributed by atoms with E-state index in [9.17, 15) is 4.79 Å². The van der Waals surface area contributed by atoms with Gasteiger partial charge in [-0.05, 0) is 24.3 Å². The lowest BCUT2D eigenvalue weighted by Crippen LogP contribution is -2.32. The molecule has 0 unspecified atom stereocenters. The fourth-order valence-corrected chi connectivity index (χ4v) is 3.10. The van der Waals surface area contributed by atoms with Crippen LogP contribution >= 0.6 is 11.3 Å². The van der Waals surface area contributed by atoms with Gasteiger partial charge in [0.05, 0.1) is 4.88 Å². The van der Waals surface area contributed by atoms with Crippen LogP contribution in [0, 0.1) is 0 Å². The lowest BCUT2D eigenvalue weighted by molar-refractivity contribution is -0.121. The summed E-state index contributed by atoms with van der Waals surface area (Å²) >= 11 is 1.57. The molecule has 0 aliphatic heterocycles. The van der Waals surface area contributed by atoms with Crippen LogP contribution < -0.4 is 5.32 Å². The lowest BCUT2D eigenvalue weighted by atomic mass is 10.2. The maximum atomic E-state index is 11.8. The highest BCUT2D eigenvalue weighted by atomic mass is 32.1. The summed E-state index contributed by atoms with van der Waals surface area (Å²) in [6.45, 7) is 0. The first-order valence-electron chi connectivity index (χ1n) is 6.97. The predicted molar refractivity (Wildman–Crippen MR) is 76.3 cm³/mol. The van der Waals surface area contributed by atoms with Crippen LogP contribution in [0.3, 0.4) is 0 Å². The molecule has 3 rings (SSSR count). The zero-order chi connectivity index (χ0) is 13.8. The summed E-state index contributed by atoms with van der Waals surface area (Å²) in [6.07, 6.45) is 5.56. The van der Waals surface area contributed by atoms with Crippen molar-refractivity contribution in [3.05, 3.63) is 23.4 Å². The van der Waals surface area contributed by atoms with Gasteiger partial charge in [0.15, 0.2) is 0 Å². The van der Waals surface area contributed by atoms with E-state index >= 15 is 0 Å². The van der Waals surface area contributed by atoms with Crippen molar-refractivity contribution >= 4 is 17.2 Å². The summed E-state index contributed by atoms with van der Waals surface area (Å²) in [5.74, 6) is 1.20. The number of aryl methyl sites for hydroxylation is 1. The molecular weight excluding hydrogens is 274 g/mol. The van der Waals surface area contributed by atoms with Crippen molar-refractivity contribution in [1.82, 2.24) is 15.5 Å². The summed E-state index contributed by atoms with van der Waals surface area (Å²) < 4.78 is 5.17. The molecule has 0 spiro atoms. The van der Waals surface area contributed by atoms with E-state index in [1.807, 2.05) is 17.5 Å². The molecule has 2 aromatic heterocycles. The van der Waals surface area contributed by atoms with Gasteiger partial charge >= 0.3 is 0 Å². The Balaban J connectivity index is 1.49. The Labute approximate surface area is 121 Å². The second kappa shape index (κ2) is 6.17. The van der Waals surface area contributed by atoms with E-state index in [0.717, 1.165) is 17.7 Å². The number of thiophene rings is 1. The first-order chi connectivity index (χ1) is 9.81. The number of nitrogens with zero attached hydrogens (tertiary/aromatic N) is 2. The topological polar surface area (TPSA) is 68.0 Å². The number of hydrogen-bond donors (Lipinski definition) is 1. The van der Waals surface area contributed by atoms with Gasteiger partial charge in [-0.3, -0.25) is 4.79 Å². The third kappa shape index (κ3) is 3.25.